The van der Waals surface area contributed by atoms with Gasteiger partial charge in [0.1, 0.15) is 0 Å². The van der Waals surface area contributed by atoms with E-state index in [1.165, 1.54) is 7.11 Å². The normalized spacial score (nSPS) is 11.8. The van der Waals surface area contributed by atoms with Crippen molar-refractivity contribution in [1.82, 2.24) is 0 Å². The highest BCUT2D eigenvalue weighted by molar-refractivity contribution is 5.83. The third kappa shape index (κ3) is 3.09. The molecule has 0 saturated heterocycles. The van der Waals surface area contributed by atoms with Crippen molar-refractivity contribution >= 4 is 11.9 Å². The lowest BCUT2D eigenvalue weighted by Crippen LogP contribution is -2.16. The Morgan fingerprint density at radius 1 is 1.33 bits per heavy atom. The van der Waals surface area contributed by atoms with Crippen molar-refractivity contribution in [2.75, 3.05) is 7.11 Å². The van der Waals surface area contributed by atoms with Gasteiger partial charge in [-0.05, 0) is 5.56 Å². The van der Waals surface area contributed by atoms with Crippen molar-refractivity contribution in [1.29, 1.82) is 0 Å². The first kappa shape index (κ1) is 11.2. The van der Waals surface area contributed by atoms with E-state index in [9.17, 15) is 9.59 Å². The van der Waals surface area contributed by atoms with Crippen molar-refractivity contribution in [3.63, 3.8) is 0 Å². The summed E-state index contributed by atoms with van der Waals surface area (Å²) in [5.41, 5.74) is 0.607. The quantitative estimate of drug-likeness (QED) is 0.760. The van der Waals surface area contributed by atoms with Gasteiger partial charge in [0.05, 0.1) is 19.4 Å². The molecule has 0 aliphatic rings. The van der Waals surface area contributed by atoms with Gasteiger partial charge in [-0.15, -0.1) is 0 Å². The molecule has 0 heterocycles. The molecular formula is C11H12O4. The average Bonchev–Trinajstić information content (AvgIpc) is 2.26. The second-order valence-corrected chi connectivity index (χ2v) is 3.08. The van der Waals surface area contributed by atoms with Crippen molar-refractivity contribution in [3.8, 4) is 0 Å². The fraction of sp³-hybridized carbons (Fsp3) is 0.273. The molecule has 1 aromatic carbocycles. The van der Waals surface area contributed by atoms with Crippen LogP contribution in [0.25, 0.3) is 0 Å². The third-order valence-corrected chi connectivity index (χ3v) is 2.10. The molecule has 0 aliphatic carbocycles. The fourth-order valence-electron chi connectivity index (χ4n) is 1.28. The number of methoxy groups -OCH3 is 1. The first-order valence-electron chi connectivity index (χ1n) is 4.49. The largest absolute Gasteiger partial charge is 0.481 e. The molecule has 1 atom stereocenters. The minimum absolute atomic E-state index is 0.143. The van der Waals surface area contributed by atoms with Gasteiger partial charge in [0.15, 0.2) is 0 Å². The molecule has 1 N–H and O–H groups in total. The van der Waals surface area contributed by atoms with Gasteiger partial charge in [0, 0.05) is 0 Å². The molecule has 0 radical (unpaired) electrons. The number of hydrogen-bond donors (Lipinski definition) is 1. The lowest BCUT2D eigenvalue weighted by molar-refractivity contribution is -0.147. The lowest BCUT2D eigenvalue weighted by atomic mass is 9.96. The van der Waals surface area contributed by atoms with E-state index in [4.69, 9.17) is 5.11 Å². The Kier molecular flexibility index (Phi) is 3.85. The van der Waals surface area contributed by atoms with Gasteiger partial charge in [0.2, 0.25) is 0 Å². The van der Waals surface area contributed by atoms with Crippen LogP contribution in [0.3, 0.4) is 0 Å². The van der Waals surface area contributed by atoms with E-state index < -0.39 is 17.9 Å². The molecule has 1 aromatic rings. The van der Waals surface area contributed by atoms with E-state index in [2.05, 4.69) is 4.74 Å². The van der Waals surface area contributed by atoms with Crippen LogP contribution in [0.4, 0.5) is 0 Å². The number of benzene rings is 1. The van der Waals surface area contributed by atoms with Gasteiger partial charge in [-0.25, -0.2) is 0 Å². The van der Waals surface area contributed by atoms with Crippen molar-refractivity contribution in [3.05, 3.63) is 35.9 Å². The summed E-state index contributed by atoms with van der Waals surface area (Å²) < 4.78 is 4.45. The van der Waals surface area contributed by atoms with Crippen molar-refractivity contribution < 1.29 is 19.4 Å². The number of hydrogen-bond acceptors (Lipinski definition) is 3. The summed E-state index contributed by atoms with van der Waals surface area (Å²) in [6.07, 6.45) is -0.143. The van der Waals surface area contributed by atoms with Crippen LogP contribution in [0.1, 0.15) is 17.9 Å². The van der Waals surface area contributed by atoms with Gasteiger partial charge >= 0.3 is 11.9 Å². The standard InChI is InChI=1S/C11H12O4/c1-15-10(12)7-9(11(13)14)8-5-3-2-4-6-8/h2-6,9H,7H2,1H3,(H,13,14). The maximum atomic E-state index is 11.0. The molecule has 0 saturated carbocycles. The summed E-state index contributed by atoms with van der Waals surface area (Å²) in [5, 5.41) is 8.96. The van der Waals surface area contributed by atoms with Gasteiger partial charge in [-0.1, -0.05) is 30.3 Å². The third-order valence-electron chi connectivity index (χ3n) is 2.10. The summed E-state index contributed by atoms with van der Waals surface area (Å²) in [5.74, 6) is -2.38. The van der Waals surface area contributed by atoms with Gasteiger partial charge in [-0.2, -0.15) is 0 Å². The van der Waals surface area contributed by atoms with Crippen molar-refractivity contribution in [2.24, 2.45) is 0 Å². The average molecular weight is 208 g/mol. The van der Waals surface area contributed by atoms with Crippen LogP contribution in [0.5, 0.6) is 0 Å². The second-order valence-electron chi connectivity index (χ2n) is 3.08. The lowest BCUT2D eigenvalue weighted by Gasteiger charge is -2.10. The molecule has 0 bridgehead atoms. The first-order chi connectivity index (χ1) is 7.15. The predicted octanol–water partition coefficient (Wildman–Crippen LogP) is 1.42. The molecule has 4 nitrogen and oxygen atoms in total. The second kappa shape index (κ2) is 5.14. The van der Waals surface area contributed by atoms with Gasteiger partial charge in [0.25, 0.3) is 0 Å². The van der Waals surface area contributed by atoms with E-state index in [0.29, 0.717) is 5.56 Å². The highest BCUT2D eigenvalue weighted by atomic mass is 16.5. The van der Waals surface area contributed by atoms with Crippen LogP contribution in [0, 0.1) is 0 Å². The number of ether oxygens (including phenoxy) is 1. The molecule has 1 unspecified atom stereocenters. The molecule has 4 heteroatoms. The van der Waals surface area contributed by atoms with Crippen LogP contribution in [0.2, 0.25) is 0 Å². The molecular weight excluding hydrogens is 196 g/mol. The highest BCUT2D eigenvalue weighted by Gasteiger charge is 2.23. The first-order valence-corrected chi connectivity index (χ1v) is 4.49. The summed E-state index contributed by atoms with van der Waals surface area (Å²) in [6.45, 7) is 0. The van der Waals surface area contributed by atoms with E-state index in [-0.39, 0.29) is 6.42 Å². The smallest absolute Gasteiger partial charge is 0.311 e. The topological polar surface area (TPSA) is 63.6 Å². The predicted molar refractivity (Wildman–Crippen MR) is 53.5 cm³/mol. The molecule has 0 amide bonds. The summed E-state index contributed by atoms with van der Waals surface area (Å²) in [4.78, 5) is 22.0. The molecule has 0 aliphatic heterocycles. The Hall–Kier alpha value is -1.84. The zero-order valence-corrected chi connectivity index (χ0v) is 8.34. The Balaban J connectivity index is 2.84. The van der Waals surface area contributed by atoms with Gasteiger partial charge < -0.3 is 9.84 Å². The number of aliphatic carboxylic acids is 1. The molecule has 80 valence electrons. The maximum Gasteiger partial charge on any atom is 0.311 e. The maximum absolute atomic E-state index is 11.0. The van der Waals surface area contributed by atoms with Crippen LogP contribution in [0.15, 0.2) is 30.3 Å². The number of carboxylic acid groups (broad SMARTS) is 1. The van der Waals surface area contributed by atoms with Crippen LogP contribution in [-0.2, 0) is 14.3 Å². The van der Waals surface area contributed by atoms with Crippen LogP contribution < -0.4 is 0 Å². The molecule has 0 spiro atoms. The Labute approximate surface area is 87.5 Å². The minimum atomic E-state index is -1.02. The monoisotopic (exact) mass is 208 g/mol. The van der Waals surface area contributed by atoms with E-state index in [1.807, 2.05) is 0 Å². The van der Waals surface area contributed by atoms with E-state index in [1.54, 1.807) is 30.3 Å². The van der Waals surface area contributed by atoms with Crippen LogP contribution >= 0.6 is 0 Å². The molecule has 0 fully saturated rings. The molecule has 0 aromatic heterocycles. The number of carbonyl (C=O) groups excluding carboxylic acids is 1. The summed E-state index contributed by atoms with van der Waals surface area (Å²) >= 11 is 0. The Morgan fingerprint density at radius 2 is 1.93 bits per heavy atom. The Morgan fingerprint density at radius 3 is 2.40 bits per heavy atom. The number of carboxylic acids is 1. The van der Waals surface area contributed by atoms with Gasteiger partial charge in [-0.3, -0.25) is 9.59 Å². The Bertz CT molecular complexity index is 345. The molecule has 1 rings (SSSR count). The van der Waals surface area contributed by atoms with E-state index in [0.717, 1.165) is 0 Å². The van der Waals surface area contributed by atoms with E-state index >= 15 is 0 Å². The zero-order valence-electron chi connectivity index (χ0n) is 8.34. The summed E-state index contributed by atoms with van der Waals surface area (Å²) in [7, 11) is 1.24. The summed E-state index contributed by atoms with van der Waals surface area (Å²) in [6, 6.07) is 8.63. The zero-order chi connectivity index (χ0) is 11.3. The number of rotatable bonds is 4. The highest BCUT2D eigenvalue weighted by Crippen LogP contribution is 2.19. The SMILES string of the molecule is COC(=O)CC(C(=O)O)c1ccccc1. The fourth-order valence-corrected chi connectivity index (χ4v) is 1.28. The number of esters is 1. The molecule has 15 heavy (non-hydrogen) atoms. The van der Waals surface area contributed by atoms with Crippen molar-refractivity contribution in [2.45, 2.75) is 12.3 Å². The van der Waals surface area contributed by atoms with Crippen LogP contribution in [-0.4, -0.2) is 24.2 Å². The number of carbonyl (C=O) groups is 2. The minimum Gasteiger partial charge on any atom is -0.481 e.